The zero-order valence-corrected chi connectivity index (χ0v) is 16.1. The van der Waals surface area contributed by atoms with E-state index in [1.165, 1.54) is 57.8 Å². The van der Waals surface area contributed by atoms with Gasteiger partial charge in [0, 0.05) is 6.42 Å². The van der Waals surface area contributed by atoms with Gasteiger partial charge >= 0.3 is 0 Å². The molecule has 1 aliphatic heterocycles. The number of hydrogen-bond acceptors (Lipinski definition) is 4. The number of rotatable bonds is 13. The fourth-order valence-corrected chi connectivity index (χ4v) is 3.28. The molecule has 0 aromatic carbocycles. The molecule has 1 rings (SSSR count). The molecule has 0 amide bonds. The van der Waals surface area contributed by atoms with Crippen LogP contribution in [0.5, 0.6) is 0 Å². The molecule has 1 heterocycles. The molecule has 4 heteroatoms. The van der Waals surface area contributed by atoms with Gasteiger partial charge in [-0.3, -0.25) is 0 Å². The summed E-state index contributed by atoms with van der Waals surface area (Å²) in [6.45, 7) is 6.12. The first-order chi connectivity index (χ1) is 11.5. The molecular weight excluding hydrogens is 304 g/mol. The van der Waals surface area contributed by atoms with Crippen molar-refractivity contribution in [3.8, 4) is 0 Å². The second-order valence-electron chi connectivity index (χ2n) is 7.50. The number of aliphatic hydroxyl groups is 2. The molecule has 0 aromatic heterocycles. The highest BCUT2D eigenvalue weighted by molar-refractivity contribution is 4.78. The van der Waals surface area contributed by atoms with Gasteiger partial charge in [-0.2, -0.15) is 0 Å². The molecule has 0 aliphatic carbocycles. The monoisotopic (exact) mass is 344 g/mol. The Balaban J connectivity index is 1.97. The Bertz CT molecular complexity index is 297. The minimum Gasteiger partial charge on any atom is -0.390 e. The molecule has 0 bridgehead atoms. The lowest BCUT2D eigenvalue weighted by atomic mass is 10.0. The summed E-state index contributed by atoms with van der Waals surface area (Å²) in [5.74, 6) is 0. The third-order valence-electron chi connectivity index (χ3n) is 5.02. The third kappa shape index (κ3) is 9.36. The Morgan fingerprint density at radius 2 is 1.46 bits per heavy atom. The van der Waals surface area contributed by atoms with Crippen LogP contribution in [0.1, 0.15) is 97.8 Å². The number of aliphatic hydroxyl groups excluding tert-OH is 2. The van der Waals surface area contributed by atoms with E-state index >= 15 is 0 Å². The summed E-state index contributed by atoms with van der Waals surface area (Å²) in [6, 6.07) is 0. The summed E-state index contributed by atoms with van der Waals surface area (Å²) in [6.07, 6.45) is 12.6. The molecule has 5 atom stereocenters. The molecule has 1 aliphatic rings. The quantitative estimate of drug-likeness (QED) is 0.481. The Labute approximate surface area is 148 Å². The maximum atomic E-state index is 9.94. The maximum absolute atomic E-state index is 9.94. The van der Waals surface area contributed by atoms with E-state index < -0.39 is 18.5 Å². The summed E-state index contributed by atoms with van der Waals surface area (Å²) in [7, 11) is 0. The topological polar surface area (TPSA) is 58.9 Å². The Kier molecular flexibility index (Phi) is 11.9. The van der Waals surface area contributed by atoms with Crippen molar-refractivity contribution in [2.75, 3.05) is 0 Å². The van der Waals surface area contributed by atoms with E-state index in [4.69, 9.17) is 9.47 Å². The lowest BCUT2D eigenvalue weighted by Crippen LogP contribution is -2.48. The summed E-state index contributed by atoms with van der Waals surface area (Å²) < 4.78 is 11.4. The summed E-state index contributed by atoms with van der Waals surface area (Å²) in [5.41, 5.74) is 0. The fraction of sp³-hybridized carbons (Fsp3) is 1.00. The standard InChI is InChI=1S/C20H40O4/c1-4-5-6-7-8-9-10-11-12-13-14-16(2)23-20-19(22)15-18(21)17(3)24-20/h16-22H,4-15H2,1-3H3/t16-,17?,18?,19?,20?/m1/s1. The van der Waals surface area contributed by atoms with Crippen LogP contribution in [0.3, 0.4) is 0 Å². The van der Waals surface area contributed by atoms with E-state index in [-0.39, 0.29) is 12.2 Å². The van der Waals surface area contributed by atoms with E-state index in [2.05, 4.69) is 6.92 Å². The van der Waals surface area contributed by atoms with E-state index in [1.807, 2.05) is 13.8 Å². The molecular formula is C20H40O4. The fourth-order valence-electron chi connectivity index (χ4n) is 3.28. The van der Waals surface area contributed by atoms with Gasteiger partial charge in [0.2, 0.25) is 0 Å². The molecule has 1 saturated heterocycles. The molecule has 1 fully saturated rings. The molecule has 2 N–H and O–H groups in total. The van der Waals surface area contributed by atoms with E-state index in [9.17, 15) is 10.2 Å². The Morgan fingerprint density at radius 1 is 0.917 bits per heavy atom. The van der Waals surface area contributed by atoms with Crippen molar-refractivity contribution in [3.05, 3.63) is 0 Å². The number of unbranched alkanes of at least 4 members (excludes halogenated alkanes) is 9. The normalized spacial score (nSPS) is 28.9. The van der Waals surface area contributed by atoms with Crippen LogP contribution in [0, 0.1) is 0 Å². The van der Waals surface area contributed by atoms with Crippen molar-refractivity contribution in [3.63, 3.8) is 0 Å². The van der Waals surface area contributed by atoms with Crippen LogP contribution in [0.15, 0.2) is 0 Å². The van der Waals surface area contributed by atoms with Gasteiger partial charge in [0.25, 0.3) is 0 Å². The van der Waals surface area contributed by atoms with Gasteiger partial charge in [-0.25, -0.2) is 0 Å². The first-order valence-electron chi connectivity index (χ1n) is 10.2. The van der Waals surface area contributed by atoms with Gasteiger partial charge in [-0.05, 0) is 20.3 Å². The molecule has 0 aromatic rings. The van der Waals surface area contributed by atoms with Crippen molar-refractivity contribution >= 4 is 0 Å². The maximum Gasteiger partial charge on any atom is 0.184 e. The van der Waals surface area contributed by atoms with Crippen molar-refractivity contribution in [2.24, 2.45) is 0 Å². The van der Waals surface area contributed by atoms with Gasteiger partial charge in [0.15, 0.2) is 6.29 Å². The molecule has 4 unspecified atom stereocenters. The van der Waals surface area contributed by atoms with E-state index in [0.29, 0.717) is 6.42 Å². The first-order valence-corrected chi connectivity index (χ1v) is 10.2. The molecule has 0 saturated carbocycles. The average Bonchev–Trinajstić information content (AvgIpc) is 2.54. The zero-order valence-electron chi connectivity index (χ0n) is 16.1. The Morgan fingerprint density at radius 3 is 2.04 bits per heavy atom. The highest BCUT2D eigenvalue weighted by Gasteiger charge is 2.35. The second kappa shape index (κ2) is 13.1. The van der Waals surface area contributed by atoms with Crippen LogP contribution in [-0.4, -0.2) is 40.9 Å². The molecule has 0 radical (unpaired) electrons. The SMILES string of the molecule is CCCCCCCCCCCC[C@@H](C)OC1OC(C)C(O)CC1O. The molecule has 144 valence electrons. The lowest BCUT2D eigenvalue weighted by Gasteiger charge is -2.36. The van der Waals surface area contributed by atoms with E-state index in [0.717, 1.165) is 12.8 Å². The van der Waals surface area contributed by atoms with Gasteiger partial charge < -0.3 is 19.7 Å². The molecule has 0 spiro atoms. The van der Waals surface area contributed by atoms with Crippen molar-refractivity contribution in [1.29, 1.82) is 0 Å². The average molecular weight is 345 g/mol. The van der Waals surface area contributed by atoms with Gasteiger partial charge in [-0.15, -0.1) is 0 Å². The van der Waals surface area contributed by atoms with Crippen molar-refractivity contribution in [2.45, 2.75) is 129 Å². The molecule has 4 nitrogen and oxygen atoms in total. The van der Waals surface area contributed by atoms with Crippen LogP contribution in [0.25, 0.3) is 0 Å². The van der Waals surface area contributed by atoms with Crippen LogP contribution >= 0.6 is 0 Å². The summed E-state index contributed by atoms with van der Waals surface area (Å²) >= 11 is 0. The van der Waals surface area contributed by atoms with Crippen LogP contribution in [0.4, 0.5) is 0 Å². The highest BCUT2D eigenvalue weighted by Crippen LogP contribution is 2.23. The summed E-state index contributed by atoms with van der Waals surface area (Å²) in [5, 5.41) is 19.6. The van der Waals surface area contributed by atoms with Gasteiger partial charge in [0.05, 0.1) is 18.3 Å². The molecule has 24 heavy (non-hydrogen) atoms. The largest absolute Gasteiger partial charge is 0.390 e. The minimum atomic E-state index is -0.730. The van der Waals surface area contributed by atoms with Crippen molar-refractivity contribution < 1.29 is 19.7 Å². The predicted octanol–water partition coefficient (Wildman–Crippen LogP) is 4.56. The third-order valence-corrected chi connectivity index (χ3v) is 5.02. The smallest absolute Gasteiger partial charge is 0.184 e. The number of ether oxygens (including phenoxy) is 2. The number of hydrogen-bond donors (Lipinski definition) is 2. The summed E-state index contributed by atoms with van der Waals surface area (Å²) in [4.78, 5) is 0. The lowest BCUT2D eigenvalue weighted by molar-refractivity contribution is -0.273. The van der Waals surface area contributed by atoms with Crippen LogP contribution in [0.2, 0.25) is 0 Å². The first kappa shape index (κ1) is 21.9. The van der Waals surface area contributed by atoms with Gasteiger partial charge in [0.1, 0.15) is 6.10 Å². The minimum absolute atomic E-state index is 0.0844. The zero-order chi connectivity index (χ0) is 17.8. The predicted molar refractivity (Wildman–Crippen MR) is 98.0 cm³/mol. The second-order valence-corrected chi connectivity index (χ2v) is 7.50. The highest BCUT2D eigenvalue weighted by atomic mass is 16.7. The van der Waals surface area contributed by atoms with Crippen LogP contribution < -0.4 is 0 Å². The van der Waals surface area contributed by atoms with E-state index in [1.54, 1.807) is 0 Å². The van der Waals surface area contributed by atoms with Gasteiger partial charge in [-0.1, -0.05) is 71.1 Å². The van der Waals surface area contributed by atoms with Crippen LogP contribution in [-0.2, 0) is 9.47 Å². The Hall–Kier alpha value is -0.160. The van der Waals surface area contributed by atoms with Crippen molar-refractivity contribution in [1.82, 2.24) is 0 Å².